The molecule has 4 nitrogen and oxygen atoms in total. The van der Waals surface area contributed by atoms with Crippen molar-refractivity contribution in [3.05, 3.63) is 71.3 Å². The van der Waals surface area contributed by atoms with Crippen molar-refractivity contribution in [2.24, 2.45) is 0 Å². The monoisotopic (exact) mass is 396 g/mol. The fourth-order valence-electron chi connectivity index (χ4n) is 3.75. The molecule has 0 aliphatic heterocycles. The number of nitrogens with one attached hydrogen (secondary N) is 2. The van der Waals surface area contributed by atoms with E-state index in [1.165, 1.54) is 0 Å². The zero-order valence-corrected chi connectivity index (χ0v) is 17.7. The van der Waals surface area contributed by atoms with Crippen LogP contribution in [0.5, 0.6) is 0 Å². The number of sulfonamides is 1. The Kier molecular flexibility index (Phi) is 6.06. The smallest absolute Gasteiger partial charge is 0.241 e. The minimum atomic E-state index is -3.59. The van der Waals surface area contributed by atoms with Crippen LogP contribution in [-0.2, 0) is 10.0 Å². The number of rotatable bonds is 7. The molecule has 5 heteroatoms. The summed E-state index contributed by atoms with van der Waals surface area (Å²) >= 11 is 0. The fraction of sp³-hybridized carbons (Fsp3) is 0.304. The Morgan fingerprint density at radius 2 is 1.57 bits per heavy atom. The highest BCUT2D eigenvalue weighted by Crippen LogP contribution is 2.24. The van der Waals surface area contributed by atoms with Crippen LogP contribution in [0.1, 0.15) is 30.0 Å². The Bertz CT molecular complexity index is 1060. The number of aryl methyl sites for hydroxylation is 3. The van der Waals surface area contributed by atoms with Gasteiger partial charge in [0.2, 0.25) is 10.0 Å². The van der Waals surface area contributed by atoms with Crippen molar-refractivity contribution in [2.75, 3.05) is 11.9 Å². The van der Waals surface area contributed by atoms with E-state index in [1.807, 2.05) is 64.1 Å². The molecule has 0 aliphatic carbocycles. The Labute approximate surface area is 168 Å². The molecule has 0 saturated heterocycles. The first-order chi connectivity index (χ1) is 13.3. The first-order valence-corrected chi connectivity index (χ1v) is 11.1. The van der Waals surface area contributed by atoms with Gasteiger partial charge in [-0.1, -0.05) is 61.0 Å². The third-order valence-electron chi connectivity index (χ3n) is 5.02. The van der Waals surface area contributed by atoms with Crippen LogP contribution in [0.3, 0.4) is 0 Å². The summed E-state index contributed by atoms with van der Waals surface area (Å²) in [5, 5.41) is 5.72. The van der Waals surface area contributed by atoms with Gasteiger partial charge in [0, 0.05) is 23.7 Å². The van der Waals surface area contributed by atoms with E-state index in [9.17, 15) is 8.42 Å². The highest BCUT2D eigenvalue weighted by atomic mass is 32.2. The fourth-order valence-corrected chi connectivity index (χ4v) is 5.52. The summed E-state index contributed by atoms with van der Waals surface area (Å²) in [7, 11) is -3.59. The van der Waals surface area contributed by atoms with E-state index in [0.717, 1.165) is 33.2 Å². The Balaban J connectivity index is 1.79. The third-order valence-corrected chi connectivity index (χ3v) is 6.84. The van der Waals surface area contributed by atoms with Crippen LogP contribution >= 0.6 is 0 Å². The first-order valence-electron chi connectivity index (χ1n) is 9.63. The van der Waals surface area contributed by atoms with Crippen molar-refractivity contribution in [1.82, 2.24) is 4.72 Å². The second-order valence-electron chi connectivity index (χ2n) is 7.36. The lowest BCUT2D eigenvalue weighted by atomic mass is 10.1. The molecule has 1 atom stereocenters. The Morgan fingerprint density at radius 1 is 0.929 bits per heavy atom. The second-order valence-corrected chi connectivity index (χ2v) is 9.01. The molecule has 0 unspecified atom stereocenters. The maximum atomic E-state index is 13.0. The van der Waals surface area contributed by atoms with Crippen molar-refractivity contribution in [1.29, 1.82) is 0 Å². The van der Waals surface area contributed by atoms with Crippen LogP contribution in [0, 0.1) is 20.8 Å². The van der Waals surface area contributed by atoms with Crippen molar-refractivity contribution < 1.29 is 8.42 Å². The molecule has 3 aromatic carbocycles. The van der Waals surface area contributed by atoms with E-state index in [1.54, 1.807) is 0 Å². The van der Waals surface area contributed by atoms with Crippen LogP contribution < -0.4 is 10.0 Å². The molecule has 0 saturated carbocycles. The molecular weight excluding hydrogens is 368 g/mol. The summed E-state index contributed by atoms with van der Waals surface area (Å²) in [5.41, 5.74) is 3.64. The molecule has 0 radical (unpaired) electrons. The predicted molar refractivity (Wildman–Crippen MR) is 117 cm³/mol. The number of fused-ring (bicyclic) bond motifs is 1. The zero-order valence-electron chi connectivity index (χ0n) is 16.9. The summed E-state index contributed by atoms with van der Waals surface area (Å²) in [6.07, 6.45) is 0.695. The third kappa shape index (κ3) is 4.37. The minimum absolute atomic E-state index is 0.205. The van der Waals surface area contributed by atoms with Crippen molar-refractivity contribution in [3.8, 4) is 0 Å². The highest BCUT2D eigenvalue weighted by molar-refractivity contribution is 7.89. The molecule has 3 rings (SSSR count). The topological polar surface area (TPSA) is 58.2 Å². The standard InChI is InChI=1S/C23H28N2O2S/c1-5-20(15-24-22-12-8-10-19-9-6-7-11-21(19)22)25-28(26,27)23-17(3)13-16(2)14-18(23)4/h6-14,20,24-25H,5,15H2,1-4H3/t20-/m0/s1. The number of hydrogen-bond donors (Lipinski definition) is 2. The SMILES string of the molecule is CC[C@@H](CNc1cccc2ccccc12)NS(=O)(=O)c1c(C)cc(C)cc1C. The average molecular weight is 397 g/mol. The predicted octanol–water partition coefficient (Wildman–Crippen LogP) is 4.93. The normalized spacial score (nSPS) is 12.9. The van der Waals surface area contributed by atoms with E-state index in [4.69, 9.17) is 0 Å². The maximum absolute atomic E-state index is 13.0. The van der Waals surface area contributed by atoms with Crippen LogP contribution in [-0.4, -0.2) is 21.0 Å². The number of anilines is 1. The van der Waals surface area contributed by atoms with Gasteiger partial charge in [-0.3, -0.25) is 0 Å². The summed E-state index contributed by atoms with van der Waals surface area (Å²) in [6, 6.07) is 17.9. The second kappa shape index (κ2) is 8.33. The molecule has 0 spiro atoms. The van der Waals surface area contributed by atoms with Gasteiger partial charge >= 0.3 is 0 Å². The lowest BCUT2D eigenvalue weighted by molar-refractivity contribution is 0.547. The molecule has 28 heavy (non-hydrogen) atoms. The van der Waals surface area contributed by atoms with Gasteiger partial charge in [-0.25, -0.2) is 13.1 Å². The maximum Gasteiger partial charge on any atom is 0.241 e. The molecule has 2 N–H and O–H groups in total. The summed E-state index contributed by atoms with van der Waals surface area (Å²) < 4.78 is 29.0. The van der Waals surface area contributed by atoms with Gasteiger partial charge in [-0.2, -0.15) is 0 Å². The number of hydrogen-bond acceptors (Lipinski definition) is 3. The van der Waals surface area contributed by atoms with E-state index in [-0.39, 0.29) is 6.04 Å². The zero-order chi connectivity index (χ0) is 20.3. The molecule has 0 amide bonds. The van der Waals surface area contributed by atoms with Crippen LogP contribution in [0.15, 0.2) is 59.5 Å². The molecule has 0 aliphatic rings. The summed E-state index contributed by atoms with van der Waals surface area (Å²) in [6.45, 7) is 8.20. The minimum Gasteiger partial charge on any atom is -0.383 e. The average Bonchev–Trinajstić information content (AvgIpc) is 2.63. The van der Waals surface area contributed by atoms with E-state index in [0.29, 0.717) is 17.9 Å². The van der Waals surface area contributed by atoms with Crippen molar-refractivity contribution >= 4 is 26.5 Å². The van der Waals surface area contributed by atoms with Crippen LogP contribution in [0.25, 0.3) is 10.8 Å². The lowest BCUT2D eigenvalue weighted by Gasteiger charge is -2.21. The molecular formula is C23H28N2O2S. The van der Waals surface area contributed by atoms with Gasteiger partial charge in [0.15, 0.2) is 0 Å². The first kappa shape index (κ1) is 20.4. The molecule has 0 aromatic heterocycles. The molecule has 0 bridgehead atoms. The van der Waals surface area contributed by atoms with E-state index >= 15 is 0 Å². The quantitative estimate of drug-likeness (QED) is 0.595. The van der Waals surface area contributed by atoms with Crippen LogP contribution in [0.4, 0.5) is 5.69 Å². The Hall–Kier alpha value is -2.37. The van der Waals surface area contributed by atoms with Crippen molar-refractivity contribution in [2.45, 2.75) is 45.1 Å². The van der Waals surface area contributed by atoms with Gasteiger partial charge in [0.05, 0.1) is 4.90 Å². The Morgan fingerprint density at radius 3 is 2.25 bits per heavy atom. The van der Waals surface area contributed by atoms with E-state index < -0.39 is 10.0 Å². The van der Waals surface area contributed by atoms with Gasteiger partial charge in [-0.05, 0) is 49.8 Å². The molecule has 0 heterocycles. The summed E-state index contributed by atoms with van der Waals surface area (Å²) in [5.74, 6) is 0. The summed E-state index contributed by atoms with van der Waals surface area (Å²) in [4.78, 5) is 0.390. The van der Waals surface area contributed by atoms with Gasteiger partial charge in [-0.15, -0.1) is 0 Å². The van der Waals surface area contributed by atoms with E-state index in [2.05, 4.69) is 28.2 Å². The lowest BCUT2D eigenvalue weighted by Crippen LogP contribution is -2.39. The van der Waals surface area contributed by atoms with Gasteiger partial charge in [0.25, 0.3) is 0 Å². The highest BCUT2D eigenvalue weighted by Gasteiger charge is 2.23. The molecule has 3 aromatic rings. The largest absolute Gasteiger partial charge is 0.383 e. The number of benzene rings is 3. The van der Waals surface area contributed by atoms with Crippen LogP contribution in [0.2, 0.25) is 0 Å². The van der Waals surface area contributed by atoms with Gasteiger partial charge < -0.3 is 5.32 Å². The molecule has 0 fully saturated rings. The molecule has 148 valence electrons. The van der Waals surface area contributed by atoms with Crippen molar-refractivity contribution in [3.63, 3.8) is 0 Å². The van der Waals surface area contributed by atoms with Gasteiger partial charge in [0.1, 0.15) is 0 Å².